The molecule has 8 nitrogen and oxygen atoms in total. The van der Waals surface area contributed by atoms with Gasteiger partial charge in [-0.15, -0.1) is 0 Å². The second-order valence-electron chi connectivity index (χ2n) is 7.20. The van der Waals surface area contributed by atoms with Crippen LogP contribution < -0.4 is 5.32 Å². The van der Waals surface area contributed by atoms with E-state index in [0.29, 0.717) is 12.5 Å². The van der Waals surface area contributed by atoms with Gasteiger partial charge in [0.05, 0.1) is 21.5 Å². The molecule has 0 aliphatic carbocycles. The maximum absolute atomic E-state index is 12.3. The molecular formula is C20H23N3O5. The quantitative estimate of drug-likeness (QED) is 0.539. The molecule has 0 bridgehead atoms. The maximum Gasteiger partial charge on any atom is 0.277 e. The second-order valence-corrected chi connectivity index (χ2v) is 7.20. The van der Waals surface area contributed by atoms with Crippen molar-refractivity contribution >= 4 is 17.3 Å². The molecule has 0 fully saturated rings. The lowest BCUT2D eigenvalue weighted by molar-refractivity contribution is -0.394. The summed E-state index contributed by atoms with van der Waals surface area (Å²) in [6, 6.07) is 11.1. The van der Waals surface area contributed by atoms with E-state index in [-0.39, 0.29) is 11.5 Å². The predicted octanol–water partition coefficient (Wildman–Crippen LogP) is 4.24. The fraction of sp³-hybridized carbons (Fsp3) is 0.350. The Balaban J connectivity index is 2.07. The van der Waals surface area contributed by atoms with Gasteiger partial charge in [0.25, 0.3) is 17.3 Å². The highest BCUT2D eigenvalue weighted by Gasteiger charge is 2.20. The minimum atomic E-state index is -0.759. The van der Waals surface area contributed by atoms with Crippen LogP contribution in [0.5, 0.6) is 0 Å². The smallest absolute Gasteiger partial charge is 0.277 e. The van der Waals surface area contributed by atoms with Crippen molar-refractivity contribution in [3.05, 3.63) is 79.4 Å². The Hall–Kier alpha value is -3.29. The number of hydrogen-bond donors (Lipinski definition) is 1. The van der Waals surface area contributed by atoms with Crippen LogP contribution in [0.3, 0.4) is 0 Å². The van der Waals surface area contributed by atoms with Gasteiger partial charge < -0.3 is 5.32 Å². The Morgan fingerprint density at radius 2 is 1.50 bits per heavy atom. The summed E-state index contributed by atoms with van der Waals surface area (Å²) in [6.45, 7) is 6.57. The first-order valence-corrected chi connectivity index (χ1v) is 8.98. The summed E-state index contributed by atoms with van der Waals surface area (Å²) in [5, 5.41) is 24.6. The normalized spacial score (nSPS) is 11.9. The van der Waals surface area contributed by atoms with Crippen molar-refractivity contribution in [3.63, 3.8) is 0 Å². The van der Waals surface area contributed by atoms with Gasteiger partial charge in [-0.2, -0.15) is 0 Å². The van der Waals surface area contributed by atoms with Crippen molar-refractivity contribution in [2.45, 2.75) is 33.1 Å². The molecule has 0 heterocycles. The zero-order chi connectivity index (χ0) is 20.8. The Morgan fingerprint density at radius 1 is 0.964 bits per heavy atom. The van der Waals surface area contributed by atoms with E-state index in [0.717, 1.165) is 30.2 Å². The number of benzene rings is 2. The van der Waals surface area contributed by atoms with Gasteiger partial charge >= 0.3 is 0 Å². The molecule has 1 amide bonds. The highest BCUT2D eigenvalue weighted by molar-refractivity contribution is 5.95. The van der Waals surface area contributed by atoms with Crippen molar-refractivity contribution in [2.75, 3.05) is 6.54 Å². The predicted molar refractivity (Wildman–Crippen MR) is 105 cm³/mol. The minimum Gasteiger partial charge on any atom is -0.351 e. The molecule has 2 aromatic rings. The molecule has 28 heavy (non-hydrogen) atoms. The summed E-state index contributed by atoms with van der Waals surface area (Å²) < 4.78 is 0. The lowest BCUT2D eigenvalue weighted by Gasteiger charge is -2.14. The van der Waals surface area contributed by atoms with Crippen LogP contribution in [0.2, 0.25) is 0 Å². The Morgan fingerprint density at radius 3 is 1.96 bits per heavy atom. The van der Waals surface area contributed by atoms with E-state index in [4.69, 9.17) is 0 Å². The van der Waals surface area contributed by atoms with Crippen LogP contribution in [-0.4, -0.2) is 22.3 Å². The average molecular weight is 385 g/mol. The van der Waals surface area contributed by atoms with E-state index in [1.165, 1.54) is 5.56 Å². The van der Waals surface area contributed by atoms with Gasteiger partial charge in [-0.1, -0.05) is 45.0 Å². The number of carbonyl (C=O) groups excluding carboxylic acids is 1. The van der Waals surface area contributed by atoms with Crippen LogP contribution in [0.4, 0.5) is 11.4 Å². The molecule has 1 atom stereocenters. The van der Waals surface area contributed by atoms with E-state index < -0.39 is 27.1 Å². The first-order chi connectivity index (χ1) is 13.2. The van der Waals surface area contributed by atoms with Crippen molar-refractivity contribution in [1.82, 2.24) is 5.32 Å². The summed E-state index contributed by atoms with van der Waals surface area (Å²) in [5.41, 5.74) is 1.21. The fourth-order valence-corrected chi connectivity index (χ4v) is 2.86. The largest absolute Gasteiger partial charge is 0.351 e. The second kappa shape index (κ2) is 9.07. The molecular weight excluding hydrogens is 362 g/mol. The molecule has 0 aliphatic rings. The van der Waals surface area contributed by atoms with Gasteiger partial charge in [-0.05, 0) is 29.4 Å². The molecule has 8 heteroatoms. The van der Waals surface area contributed by atoms with Crippen molar-refractivity contribution in [2.24, 2.45) is 5.92 Å². The molecule has 0 saturated heterocycles. The van der Waals surface area contributed by atoms with Gasteiger partial charge in [0.15, 0.2) is 0 Å². The van der Waals surface area contributed by atoms with Crippen LogP contribution in [0.15, 0.2) is 42.5 Å². The zero-order valence-corrected chi connectivity index (χ0v) is 16.0. The third-order valence-corrected chi connectivity index (χ3v) is 4.35. The first-order valence-electron chi connectivity index (χ1n) is 8.98. The lowest BCUT2D eigenvalue weighted by atomic mass is 9.96. The number of carbonyl (C=O) groups is 1. The third kappa shape index (κ3) is 5.60. The summed E-state index contributed by atoms with van der Waals surface area (Å²) >= 11 is 0. The fourth-order valence-electron chi connectivity index (χ4n) is 2.86. The van der Waals surface area contributed by atoms with Crippen LogP contribution in [-0.2, 0) is 6.42 Å². The highest BCUT2D eigenvalue weighted by Crippen LogP contribution is 2.23. The Labute approximate surface area is 162 Å². The molecule has 2 rings (SSSR count). The number of nitrogens with one attached hydrogen (secondary N) is 1. The highest BCUT2D eigenvalue weighted by atomic mass is 16.6. The summed E-state index contributed by atoms with van der Waals surface area (Å²) in [4.78, 5) is 32.7. The van der Waals surface area contributed by atoms with E-state index >= 15 is 0 Å². The zero-order valence-electron chi connectivity index (χ0n) is 16.0. The molecule has 0 spiro atoms. The van der Waals surface area contributed by atoms with Crippen LogP contribution in [0.25, 0.3) is 0 Å². The van der Waals surface area contributed by atoms with Crippen molar-refractivity contribution in [1.29, 1.82) is 0 Å². The average Bonchev–Trinajstić information content (AvgIpc) is 2.65. The van der Waals surface area contributed by atoms with Gasteiger partial charge in [0.2, 0.25) is 0 Å². The molecule has 0 unspecified atom stereocenters. The Kier molecular flexibility index (Phi) is 6.81. The molecule has 1 N–H and O–H groups in total. The minimum absolute atomic E-state index is 0.0192. The third-order valence-electron chi connectivity index (χ3n) is 4.35. The van der Waals surface area contributed by atoms with Gasteiger partial charge in [-0.25, -0.2) is 0 Å². The van der Waals surface area contributed by atoms with Gasteiger partial charge in [0, 0.05) is 18.7 Å². The monoisotopic (exact) mass is 385 g/mol. The number of nitro benzene ring substituents is 2. The number of hydrogen-bond acceptors (Lipinski definition) is 5. The van der Waals surface area contributed by atoms with Gasteiger partial charge in [0.1, 0.15) is 0 Å². The van der Waals surface area contributed by atoms with Crippen LogP contribution in [0.1, 0.15) is 48.2 Å². The maximum atomic E-state index is 12.3. The van der Waals surface area contributed by atoms with Crippen LogP contribution in [0, 0.1) is 26.1 Å². The molecule has 148 valence electrons. The first kappa shape index (κ1) is 21.0. The van der Waals surface area contributed by atoms with Crippen molar-refractivity contribution < 1.29 is 14.6 Å². The van der Waals surface area contributed by atoms with E-state index in [1.807, 2.05) is 19.1 Å². The van der Waals surface area contributed by atoms with Crippen molar-refractivity contribution in [3.8, 4) is 0 Å². The summed E-state index contributed by atoms with van der Waals surface area (Å²) in [7, 11) is 0. The molecule has 0 aliphatic heterocycles. The number of non-ortho nitro benzene ring substituents is 2. The molecule has 0 radical (unpaired) electrons. The number of nitrogens with zero attached hydrogens (tertiary/aromatic N) is 2. The van der Waals surface area contributed by atoms with E-state index in [2.05, 4.69) is 31.3 Å². The number of amides is 1. The summed E-state index contributed by atoms with van der Waals surface area (Å²) in [6.07, 6.45) is 0.997. The SMILES string of the molecule is CC(C)Cc1ccc([C@H](C)CNC(=O)c2cc([N+](=O)[O-])cc([N+](=O)[O-])c2)cc1. The summed E-state index contributed by atoms with van der Waals surface area (Å²) in [5.74, 6) is 0.00218. The molecule has 0 aromatic heterocycles. The van der Waals surface area contributed by atoms with E-state index in [1.54, 1.807) is 0 Å². The van der Waals surface area contributed by atoms with Gasteiger partial charge in [-0.3, -0.25) is 25.0 Å². The molecule has 0 saturated carbocycles. The number of rotatable bonds is 8. The Bertz CT molecular complexity index is 846. The topological polar surface area (TPSA) is 115 Å². The molecule has 2 aromatic carbocycles. The van der Waals surface area contributed by atoms with Crippen LogP contribution >= 0.6 is 0 Å². The lowest BCUT2D eigenvalue weighted by Crippen LogP contribution is -2.27. The van der Waals surface area contributed by atoms with E-state index in [9.17, 15) is 25.0 Å². The number of nitro groups is 2. The standard InChI is InChI=1S/C20H23N3O5/c1-13(2)8-15-4-6-16(7-5-15)14(3)12-21-20(24)17-9-18(22(25)26)11-19(10-17)23(27)28/h4-7,9-11,13-14H,8,12H2,1-3H3,(H,21,24)/t14-/m1/s1.